The van der Waals surface area contributed by atoms with E-state index in [0.717, 1.165) is 37.3 Å². The van der Waals surface area contributed by atoms with Crippen molar-refractivity contribution in [2.45, 2.75) is 51.0 Å². The van der Waals surface area contributed by atoms with Gasteiger partial charge in [-0.3, -0.25) is 4.90 Å². The predicted octanol–water partition coefficient (Wildman–Crippen LogP) is 2.15. The highest BCUT2D eigenvalue weighted by Gasteiger charge is 2.37. The smallest absolute Gasteiger partial charge is 0.119 e. The van der Waals surface area contributed by atoms with Crippen LogP contribution in [0, 0.1) is 0 Å². The molecule has 1 saturated heterocycles. The Morgan fingerprint density at radius 1 is 1.33 bits per heavy atom. The molecular formula is C17H25NO3. The number of nitrogens with zero attached hydrogens (tertiary/aromatic N) is 1. The maximum atomic E-state index is 10.9. The van der Waals surface area contributed by atoms with Crippen LogP contribution >= 0.6 is 0 Å². The Kier molecular flexibility index (Phi) is 4.20. The molecule has 2 aliphatic rings. The zero-order valence-corrected chi connectivity index (χ0v) is 13.1. The van der Waals surface area contributed by atoms with Gasteiger partial charge in [0.15, 0.2) is 0 Å². The molecule has 0 bridgehead atoms. The summed E-state index contributed by atoms with van der Waals surface area (Å²) in [5.74, 6) is 0.817. The lowest BCUT2D eigenvalue weighted by molar-refractivity contribution is -0.0912. The third kappa shape index (κ3) is 2.80. The normalized spacial score (nSPS) is 33.5. The summed E-state index contributed by atoms with van der Waals surface area (Å²) in [6.45, 7) is 5.92. The Balaban J connectivity index is 1.85. The fourth-order valence-electron chi connectivity index (χ4n) is 3.61. The fourth-order valence-corrected chi connectivity index (χ4v) is 3.61. The lowest BCUT2D eigenvalue weighted by atomic mass is 9.84. The lowest BCUT2D eigenvalue weighted by Gasteiger charge is -2.45. The number of aryl methyl sites for hydroxylation is 1. The third-order valence-corrected chi connectivity index (χ3v) is 4.83. The van der Waals surface area contributed by atoms with E-state index in [1.807, 2.05) is 12.1 Å². The van der Waals surface area contributed by atoms with E-state index in [4.69, 9.17) is 9.47 Å². The van der Waals surface area contributed by atoms with Gasteiger partial charge >= 0.3 is 0 Å². The summed E-state index contributed by atoms with van der Waals surface area (Å²) in [4.78, 5) is 2.42. The Hall–Kier alpha value is -1.10. The van der Waals surface area contributed by atoms with Crippen LogP contribution in [0.4, 0.5) is 0 Å². The second-order valence-corrected chi connectivity index (χ2v) is 6.31. The maximum absolute atomic E-state index is 10.9. The molecule has 1 aliphatic carbocycles. The monoisotopic (exact) mass is 291 g/mol. The van der Waals surface area contributed by atoms with Crippen molar-refractivity contribution < 1.29 is 14.6 Å². The molecule has 1 aromatic carbocycles. The molecule has 1 aromatic rings. The molecule has 3 rings (SSSR count). The van der Waals surface area contributed by atoms with Crippen molar-refractivity contribution in [3.05, 3.63) is 29.3 Å². The largest absolute Gasteiger partial charge is 0.497 e. The first kappa shape index (κ1) is 14.8. The maximum Gasteiger partial charge on any atom is 0.119 e. The molecule has 4 atom stereocenters. The van der Waals surface area contributed by atoms with Gasteiger partial charge in [0.1, 0.15) is 5.75 Å². The van der Waals surface area contributed by atoms with Crippen LogP contribution in [0.25, 0.3) is 0 Å². The lowest BCUT2D eigenvalue weighted by Crippen LogP contribution is -2.54. The molecule has 21 heavy (non-hydrogen) atoms. The summed E-state index contributed by atoms with van der Waals surface area (Å²) in [5, 5.41) is 10.9. The SMILES string of the molecule is COc1ccc2c(c1)C(O)C(N1CC(C)OCC1C)CC2. The number of aliphatic hydroxyl groups is 1. The molecule has 0 radical (unpaired) electrons. The van der Waals surface area contributed by atoms with Gasteiger partial charge in [-0.25, -0.2) is 0 Å². The average molecular weight is 291 g/mol. The summed E-state index contributed by atoms with van der Waals surface area (Å²) in [5.41, 5.74) is 2.27. The molecule has 4 nitrogen and oxygen atoms in total. The topological polar surface area (TPSA) is 41.9 Å². The van der Waals surface area contributed by atoms with Gasteiger partial charge in [0.05, 0.1) is 25.9 Å². The molecule has 1 aliphatic heterocycles. The molecule has 0 aromatic heterocycles. The van der Waals surface area contributed by atoms with E-state index in [0.29, 0.717) is 6.04 Å². The van der Waals surface area contributed by atoms with Crippen LogP contribution in [0.5, 0.6) is 5.75 Å². The van der Waals surface area contributed by atoms with Gasteiger partial charge in [-0.15, -0.1) is 0 Å². The Morgan fingerprint density at radius 2 is 2.14 bits per heavy atom. The highest BCUT2D eigenvalue weighted by molar-refractivity contribution is 5.39. The first-order chi connectivity index (χ1) is 10.1. The molecular weight excluding hydrogens is 266 g/mol. The van der Waals surface area contributed by atoms with Crippen LogP contribution in [0.3, 0.4) is 0 Å². The molecule has 1 N–H and O–H groups in total. The molecule has 1 fully saturated rings. The van der Waals surface area contributed by atoms with Crippen LogP contribution in [-0.2, 0) is 11.2 Å². The summed E-state index contributed by atoms with van der Waals surface area (Å²) >= 11 is 0. The van der Waals surface area contributed by atoms with Crippen LogP contribution in [0.15, 0.2) is 18.2 Å². The number of ether oxygens (including phenoxy) is 2. The van der Waals surface area contributed by atoms with Crippen molar-refractivity contribution in [3.8, 4) is 5.75 Å². The zero-order chi connectivity index (χ0) is 15.0. The zero-order valence-electron chi connectivity index (χ0n) is 13.1. The van der Waals surface area contributed by atoms with Crippen molar-refractivity contribution in [2.24, 2.45) is 0 Å². The predicted molar refractivity (Wildman–Crippen MR) is 81.6 cm³/mol. The quantitative estimate of drug-likeness (QED) is 0.906. The van der Waals surface area contributed by atoms with Crippen LogP contribution in [-0.4, -0.2) is 48.5 Å². The number of rotatable bonds is 2. The van der Waals surface area contributed by atoms with Gasteiger partial charge in [-0.05, 0) is 49.9 Å². The van der Waals surface area contributed by atoms with E-state index in [9.17, 15) is 5.11 Å². The summed E-state index contributed by atoms with van der Waals surface area (Å²) in [6, 6.07) is 6.57. The minimum atomic E-state index is -0.448. The molecule has 1 heterocycles. The molecule has 0 saturated carbocycles. The van der Waals surface area contributed by atoms with Crippen molar-refractivity contribution >= 4 is 0 Å². The summed E-state index contributed by atoms with van der Waals surface area (Å²) in [6.07, 6.45) is 1.80. The van der Waals surface area contributed by atoms with E-state index >= 15 is 0 Å². The van der Waals surface area contributed by atoms with Crippen LogP contribution in [0.1, 0.15) is 37.5 Å². The number of methoxy groups -OCH3 is 1. The number of benzene rings is 1. The van der Waals surface area contributed by atoms with Gasteiger partial charge in [0.25, 0.3) is 0 Å². The van der Waals surface area contributed by atoms with Crippen LogP contribution < -0.4 is 4.74 Å². The van der Waals surface area contributed by atoms with Crippen LogP contribution in [0.2, 0.25) is 0 Å². The fraction of sp³-hybridized carbons (Fsp3) is 0.647. The van der Waals surface area contributed by atoms with Gasteiger partial charge in [0.2, 0.25) is 0 Å². The number of aliphatic hydroxyl groups excluding tert-OH is 1. The highest BCUT2D eigenvalue weighted by Crippen LogP contribution is 2.36. The average Bonchev–Trinajstić information content (AvgIpc) is 2.50. The molecule has 0 spiro atoms. The Labute approximate surface area is 126 Å². The van der Waals surface area contributed by atoms with Crippen molar-refractivity contribution in [1.29, 1.82) is 0 Å². The van der Waals surface area contributed by atoms with Crippen molar-refractivity contribution in [1.82, 2.24) is 4.90 Å². The van der Waals surface area contributed by atoms with E-state index in [-0.39, 0.29) is 12.1 Å². The number of hydrogen-bond acceptors (Lipinski definition) is 4. The molecule has 4 heteroatoms. The molecule has 0 amide bonds. The van der Waals surface area contributed by atoms with Gasteiger partial charge < -0.3 is 14.6 Å². The Morgan fingerprint density at radius 3 is 2.90 bits per heavy atom. The Bertz CT molecular complexity index is 505. The summed E-state index contributed by atoms with van der Waals surface area (Å²) in [7, 11) is 1.67. The molecule has 4 unspecified atom stereocenters. The second kappa shape index (κ2) is 5.95. The van der Waals surface area contributed by atoms with Gasteiger partial charge in [0, 0.05) is 18.6 Å². The number of hydrogen-bond donors (Lipinski definition) is 1. The van der Waals surface area contributed by atoms with Crippen molar-refractivity contribution in [2.75, 3.05) is 20.3 Å². The van der Waals surface area contributed by atoms with E-state index in [1.54, 1.807) is 7.11 Å². The number of morpholine rings is 1. The number of fused-ring (bicyclic) bond motifs is 1. The first-order valence-electron chi connectivity index (χ1n) is 7.82. The minimum Gasteiger partial charge on any atom is -0.497 e. The van der Waals surface area contributed by atoms with E-state index in [1.165, 1.54) is 5.56 Å². The van der Waals surface area contributed by atoms with Crippen molar-refractivity contribution in [3.63, 3.8) is 0 Å². The first-order valence-corrected chi connectivity index (χ1v) is 7.82. The molecule has 116 valence electrons. The van der Waals surface area contributed by atoms with Gasteiger partial charge in [-0.2, -0.15) is 0 Å². The highest BCUT2D eigenvalue weighted by atomic mass is 16.5. The summed E-state index contributed by atoms with van der Waals surface area (Å²) < 4.78 is 11.0. The van der Waals surface area contributed by atoms with E-state index < -0.39 is 6.10 Å². The van der Waals surface area contributed by atoms with E-state index in [2.05, 4.69) is 24.8 Å². The minimum absolute atomic E-state index is 0.172. The third-order valence-electron chi connectivity index (χ3n) is 4.83. The van der Waals surface area contributed by atoms with Gasteiger partial charge in [-0.1, -0.05) is 6.07 Å². The standard InChI is InChI=1S/C17H25NO3/c1-11-10-21-12(2)9-18(11)16-7-5-13-4-6-14(20-3)8-15(13)17(16)19/h4,6,8,11-12,16-17,19H,5,7,9-10H2,1-3H3. The second-order valence-electron chi connectivity index (χ2n) is 6.31.